The van der Waals surface area contributed by atoms with Crippen molar-refractivity contribution in [1.82, 2.24) is 4.57 Å². The summed E-state index contributed by atoms with van der Waals surface area (Å²) >= 11 is 3.24. The van der Waals surface area contributed by atoms with Gasteiger partial charge in [0.05, 0.1) is 6.04 Å². The predicted molar refractivity (Wildman–Crippen MR) is 71.7 cm³/mol. The van der Waals surface area contributed by atoms with Gasteiger partial charge in [-0.05, 0) is 28.1 Å². The van der Waals surface area contributed by atoms with Crippen LogP contribution >= 0.6 is 15.9 Å². The van der Waals surface area contributed by atoms with Crippen molar-refractivity contribution in [3.8, 4) is 0 Å². The number of halogens is 3. The highest BCUT2D eigenvalue weighted by molar-refractivity contribution is 9.10. The molecule has 0 fully saturated rings. The zero-order chi connectivity index (χ0) is 14.0. The van der Waals surface area contributed by atoms with Crippen LogP contribution in [0.2, 0.25) is 0 Å². The Kier molecular flexibility index (Phi) is 4.11. The lowest BCUT2D eigenvalue weighted by Gasteiger charge is -2.15. The molecule has 0 saturated heterocycles. The van der Waals surface area contributed by atoms with Gasteiger partial charge in [-0.1, -0.05) is 6.07 Å². The van der Waals surface area contributed by atoms with E-state index in [-0.39, 0.29) is 17.7 Å². The molecule has 0 saturated carbocycles. The van der Waals surface area contributed by atoms with E-state index in [9.17, 15) is 13.6 Å². The van der Waals surface area contributed by atoms with Gasteiger partial charge in [0.1, 0.15) is 11.6 Å². The standard InChI is InChI=1S/C13H11BrF2N2O/c14-8-1-4-13(19)18(6-8)7-12(17)10-3-2-9(15)5-11(10)16/h1-6,12H,7,17H2. The molecule has 0 amide bonds. The minimum absolute atomic E-state index is 0.112. The fraction of sp³-hybridized carbons (Fsp3) is 0.154. The molecule has 100 valence electrons. The predicted octanol–water partition coefficient (Wildman–Crippen LogP) is 2.59. The Morgan fingerprint density at radius 2 is 2.00 bits per heavy atom. The number of nitrogens with two attached hydrogens (primary N) is 1. The van der Waals surface area contributed by atoms with E-state index in [0.717, 1.165) is 16.6 Å². The molecule has 2 rings (SSSR count). The summed E-state index contributed by atoms with van der Waals surface area (Å²) in [5.41, 5.74) is 5.80. The molecule has 1 aromatic carbocycles. The number of hydrogen-bond acceptors (Lipinski definition) is 2. The molecular formula is C13H11BrF2N2O. The van der Waals surface area contributed by atoms with Crippen LogP contribution in [0.25, 0.3) is 0 Å². The second-order valence-electron chi connectivity index (χ2n) is 4.11. The minimum atomic E-state index is -0.729. The maximum atomic E-state index is 13.6. The Morgan fingerprint density at radius 1 is 1.26 bits per heavy atom. The van der Waals surface area contributed by atoms with E-state index >= 15 is 0 Å². The SMILES string of the molecule is NC(Cn1cc(Br)ccc1=O)c1ccc(F)cc1F. The van der Waals surface area contributed by atoms with E-state index in [1.807, 2.05) is 0 Å². The van der Waals surface area contributed by atoms with Gasteiger partial charge in [-0.25, -0.2) is 8.78 Å². The number of hydrogen-bond donors (Lipinski definition) is 1. The summed E-state index contributed by atoms with van der Waals surface area (Å²) in [5.74, 6) is -1.37. The molecule has 2 aromatic rings. The van der Waals surface area contributed by atoms with Gasteiger partial charge in [-0.15, -0.1) is 0 Å². The molecule has 0 spiro atoms. The summed E-state index contributed by atoms with van der Waals surface area (Å²) in [5, 5.41) is 0. The molecule has 1 aromatic heterocycles. The lowest BCUT2D eigenvalue weighted by Crippen LogP contribution is -2.26. The zero-order valence-corrected chi connectivity index (χ0v) is 11.4. The molecule has 0 radical (unpaired) electrons. The highest BCUT2D eigenvalue weighted by atomic mass is 79.9. The molecule has 2 N–H and O–H groups in total. The largest absolute Gasteiger partial charge is 0.322 e. The number of pyridine rings is 1. The van der Waals surface area contributed by atoms with Crippen LogP contribution in [-0.2, 0) is 6.54 Å². The third-order valence-electron chi connectivity index (χ3n) is 2.70. The number of rotatable bonds is 3. The highest BCUT2D eigenvalue weighted by Gasteiger charge is 2.13. The Morgan fingerprint density at radius 3 is 2.68 bits per heavy atom. The number of benzene rings is 1. The first-order chi connectivity index (χ1) is 8.97. The summed E-state index contributed by atoms with van der Waals surface area (Å²) in [4.78, 5) is 11.6. The van der Waals surface area contributed by atoms with E-state index in [4.69, 9.17) is 5.73 Å². The van der Waals surface area contributed by atoms with Crippen LogP contribution in [0.3, 0.4) is 0 Å². The molecule has 0 bridgehead atoms. The van der Waals surface area contributed by atoms with Crippen LogP contribution in [0.15, 0.2) is 45.8 Å². The Hall–Kier alpha value is -1.53. The van der Waals surface area contributed by atoms with Crippen molar-refractivity contribution in [2.75, 3.05) is 0 Å². The maximum absolute atomic E-state index is 13.6. The van der Waals surface area contributed by atoms with Gasteiger partial charge in [0.2, 0.25) is 0 Å². The zero-order valence-electron chi connectivity index (χ0n) is 9.82. The second kappa shape index (κ2) is 5.63. The third kappa shape index (κ3) is 3.27. The van der Waals surface area contributed by atoms with Crippen LogP contribution in [-0.4, -0.2) is 4.57 Å². The highest BCUT2D eigenvalue weighted by Crippen LogP contribution is 2.17. The van der Waals surface area contributed by atoms with Crippen LogP contribution in [0, 0.1) is 11.6 Å². The summed E-state index contributed by atoms with van der Waals surface area (Å²) in [7, 11) is 0. The minimum Gasteiger partial charge on any atom is -0.322 e. The van der Waals surface area contributed by atoms with Gasteiger partial charge in [0, 0.05) is 34.9 Å². The van der Waals surface area contributed by atoms with Crippen LogP contribution < -0.4 is 11.3 Å². The number of nitrogens with zero attached hydrogens (tertiary/aromatic N) is 1. The topological polar surface area (TPSA) is 48.0 Å². The van der Waals surface area contributed by atoms with Crippen molar-refractivity contribution in [2.45, 2.75) is 12.6 Å². The summed E-state index contributed by atoms with van der Waals surface area (Å²) < 4.78 is 28.5. The molecule has 0 aliphatic rings. The van der Waals surface area contributed by atoms with Gasteiger partial charge >= 0.3 is 0 Å². The average molecular weight is 329 g/mol. The van der Waals surface area contributed by atoms with Crippen molar-refractivity contribution in [3.05, 3.63) is 68.6 Å². The van der Waals surface area contributed by atoms with E-state index < -0.39 is 17.7 Å². The van der Waals surface area contributed by atoms with Crippen LogP contribution in [0.4, 0.5) is 8.78 Å². The first kappa shape index (κ1) is 13.9. The van der Waals surface area contributed by atoms with Crippen LogP contribution in [0.1, 0.15) is 11.6 Å². The lowest BCUT2D eigenvalue weighted by molar-refractivity contribution is 0.514. The van der Waals surface area contributed by atoms with E-state index in [1.54, 1.807) is 12.3 Å². The van der Waals surface area contributed by atoms with Crippen molar-refractivity contribution < 1.29 is 8.78 Å². The molecule has 1 unspecified atom stereocenters. The second-order valence-corrected chi connectivity index (χ2v) is 5.03. The Balaban J connectivity index is 2.28. The molecular weight excluding hydrogens is 318 g/mol. The fourth-order valence-electron chi connectivity index (χ4n) is 1.76. The molecule has 0 aliphatic heterocycles. The first-order valence-corrected chi connectivity index (χ1v) is 6.33. The number of aromatic nitrogens is 1. The molecule has 0 aliphatic carbocycles. The quantitative estimate of drug-likeness (QED) is 0.941. The Labute approximate surface area is 116 Å². The molecule has 6 heteroatoms. The summed E-state index contributed by atoms with van der Waals surface area (Å²) in [6.45, 7) is 0.112. The molecule has 19 heavy (non-hydrogen) atoms. The van der Waals surface area contributed by atoms with E-state index in [2.05, 4.69) is 15.9 Å². The van der Waals surface area contributed by atoms with Crippen molar-refractivity contribution in [1.29, 1.82) is 0 Å². The fourth-order valence-corrected chi connectivity index (χ4v) is 2.14. The third-order valence-corrected chi connectivity index (χ3v) is 3.17. The molecule has 1 heterocycles. The van der Waals surface area contributed by atoms with E-state index in [0.29, 0.717) is 0 Å². The molecule has 3 nitrogen and oxygen atoms in total. The average Bonchev–Trinajstić information content (AvgIpc) is 2.33. The van der Waals surface area contributed by atoms with E-state index in [1.165, 1.54) is 16.7 Å². The normalized spacial score (nSPS) is 12.4. The molecule has 1 atom stereocenters. The monoisotopic (exact) mass is 328 g/mol. The van der Waals surface area contributed by atoms with Crippen molar-refractivity contribution in [3.63, 3.8) is 0 Å². The maximum Gasteiger partial charge on any atom is 0.250 e. The van der Waals surface area contributed by atoms with Gasteiger partial charge < -0.3 is 10.3 Å². The van der Waals surface area contributed by atoms with Gasteiger partial charge in [-0.2, -0.15) is 0 Å². The van der Waals surface area contributed by atoms with Crippen molar-refractivity contribution >= 4 is 15.9 Å². The Bertz CT molecular complexity index is 657. The van der Waals surface area contributed by atoms with Gasteiger partial charge in [-0.3, -0.25) is 4.79 Å². The summed E-state index contributed by atoms with van der Waals surface area (Å²) in [6, 6.07) is 5.48. The smallest absolute Gasteiger partial charge is 0.250 e. The van der Waals surface area contributed by atoms with Gasteiger partial charge in [0.15, 0.2) is 0 Å². The van der Waals surface area contributed by atoms with Gasteiger partial charge in [0.25, 0.3) is 5.56 Å². The van der Waals surface area contributed by atoms with Crippen molar-refractivity contribution in [2.24, 2.45) is 5.73 Å². The first-order valence-electron chi connectivity index (χ1n) is 5.54. The van der Waals surface area contributed by atoms with Crippen LogP contribution in [0.5, 0.6) is 0 Å². The summed E-state index contributed by atoms with van der Waals surface area (Å²) in [6.07, 6.45) is 1.57. The lowest BCUT2D eigenvalue weighted by atomic mass is 10.1.